The van der Waals surface area contributed by atoms with Crippen molar-refractivity contribution >= 4 is 7.32 Å². The van der Waals surface area contributed by atoms with Crippen molar-refractivity contribution in [1.82, 2.24) is 0 Å². The van der Waals surface area contributed by atoms with Crippen molar-refractivity contribution in [3.05, 3.63) is 29.3 Å². The Labute approximate surface area is 227 Å². The molecule has 0 aliphatic rings. The van der Waals surface area contributed by atoms with Crippen molar-refractivity contribution in [2.45, 2.75) is 35.9 Å². The quantitative estimate of drug-likeness (QED) is 0.279. The smallest absolute Gasteiger partial charge is 0.860 e. The molecule has 0 aliphatic heterocycles. The second-order valence-corrected chi connectivity index (χ2v) is 5.91. The van der Waals surface area contributed by atoms with Gasteiger partial charge in [-0.25, -0.2) is 0 Å². The molecular formula is C14H9BF12Na2O5. The molecule has 1 aromatic rings. The molecule has 0 saturated heterocycles. The molecule has 0 N–H and O–H groups in total. The number of ether oxygens (including phenoxy) is 2. The molecule has 0 bridgehead atoms. The van der Waals surface area contributed by atoms with E-state index in [-0.39, 0.29) is 73.3 Å². The van der Waals surface area contributed by atoms with Gasteiger partial charge in [0.25, 0.3) is 11.2 Å². The summed E-state index contributed by atoms with van der Waals surface area (Å²) in [5.41, 5.74) is -15.8. The van der Waals surface area contributed by atoms with Gasteiger partial charge in [0.15, 0.2) is 0 Å². The van der Waals surface area contributed by atoms with Crippen molar-refractivity contribution < 1.29 is 136 Å². The van der Waals surface area contributed by atoms with Gasteiger partial charge in [-0.3, -0.25) is 0 Å². The average Bonchev–Trinajstić information content (AvgIpc) is 2.50. The summed E-state index contributed by atoms with van der Waals surface area (Å²) >= 11 is 0. The maximum atomic E-state index is 13.4. The first-order chi connectivity index (χ1) is 14.1. The third-order valence-electron chi connectivity index (χ3n) is 4.16. The van der Waals surface area contributed by atoms with E-state index in [0.717, 1.165) is 0 Å². The van der Waals surface area contributed by atoms with Gasteiger partial charge in [-0.15, -0.1) is 0 Å². The molecule has 1 aromatic carbocycles. The zero-order chi connectivity index (χ0) is 25.6. The Balaban J connectivity index is 0. The fraction of sp³-hybridized carbons (Fsp3) is 0.571. The zero-order valence-electron chi connectivity index (χ0n) is 17.4. The van der Waals surface area contributed by atoms with Gasteiger partial charge < -0.3 is 24.2 Å². The maximum absolute atomic E-state index is 13.4. The van der Waals surface area contributed by atoms with Gasteiger partial charge in [0.2, 0.25) is 0 Å². The van der Waals surface area contributed by atoms with Crippen molar-refractivity contribution in [3.63, 3.8) is 0 Å². The van der Waals surface area contributed by atoms with E-state index in [1.807, 2.05) is 0 Å². The fourth-order valence-corrected chi connectivity index (χ4v) is 2.86. The van der Waals surface area contributed by atoms with Crippen LogP contribution >= 0.6 is 0 Å². The first kappa shape index (κ1) is 36.2. The molecule has 0 amide bonds. The van der Waals surface area contributed by atoms with Gasteiger partial charge in [0, 0.05) is 25.3 Å². The molecule has 0 unspecified atom stereocenters. The van der Waals surface area contributed by atoms with E-state index in [1.54, 1.807) is 0 Å². The van der Waals surface area contributed by atoms with Crippen molar-refractivity contribution in [2.75, 3.05) is 14.2 Å². The Morgan fingerprint density at radius 1 is 0.588 bits per heavy atom. The van der Waals surface area contributed by atoms with E-state index in [1.165, 1.54) is 0 Å². The number of benzene rings is 1. The van der Waals surface area contributed by atoms with Gasteiger partial charge in [-0.2, -0.15) is 52.7 Å². The minimum Gasteiger partial charge on any atom is -0.860 e. The molecule has 0 fully saturated rings. The maximum Gasteiger partial charge on any atom is 1.00 e. The predicted molar refractivity (Wildman–Crippen MR) is 74.4 cm³/mol. The summed E-state index contributed by atoms with van der Waals surface area (Å²) in [6.07, 6.45) is -26.0. The number of halogens is 12. The number of hydrogen-bond acceptors (Lipinski definition) is 5. The summed E-state index contributed by atoms with van der Waals surface area (Å²) in [5, 5.41) is 21.2. The summed E-state index contributed by atoms with van der Waals surface area (Å²) in [5.74, 6) is -1.77. The molecule has 20 heteroatoms. The van der Waals surface area contributed by atoms with Crippen molar-refractivity contribution in [2.24, 2.45) is 0 Å². The van der Waals surface area contributed by atoms with Crippen LogP contribution in [0.4, 0.5) is 52.7 Å². The number of hydrogen-bond donors (Lipinski definition) is 0. The van der Waals surface area contributed by atoms with Crippen LogP contribution in [-0.4, -0.2) is 46.2 Å². The molecule has 0 aromatic heterocycles. The molecule has 0 saturated carbocycles. The Bertz CT molecular complexity index is 724. The second-order valence-electron chi connectivity index (χ2n) is 5.91. The third-order valence-corrected chi connectivity index (χ3v) is 4.16. The Morgan fingerprint density at radius 3 is 1.03 bits per heavy atom. The number of alkyl halides is 12. The minimum absolute atomic E-state index is 0. The molecule has 0 heterocycles. The van der Waals surface area contributed by atoms with Crippen LogP contribution in [0.2, 0.25) is 0 Å². The molecule has 0 atom stereocenters. The fourth-order valence-electron chi connectivity index (χ4n) is 2.86. The number of rotatable bonds is 6. The molecule has 5 nitrogen and oxygen atoms in total. The van der Waals surface area contributed by atoms with E-state index < -0.39 is 78.3 Å². The summed E-state index contributed by atoms with van der Waals surface area (Å²) in [6.45, 7) is 0. The van der Waals surface area contributed by atoms with Crippen LogP contribution in [0.15, 0.2) is 18.2 Å². The van der Waals surface area contributed by atoms with Gasteiger partial charge >= 0.3 is 83.8 Å². The summed E-state index contributed by atoms with van der Waals surface area (Å²) < 4.78 is 172. The van der Waals surface area contributed by atoms with Crippen LogP contribution in [0.25, 0.3) is 0 Å². The van der Waals surface area contributed by atoms with Gasteiger partial charge in [0.1, 0.15) is 7.32 Å². The molecule has 0 radical (unpaired) electrons. The van der Waals surface area contributed by atoms with Gasteiger partial charge in [0.05, 0.1) is 5.75 Å². The predicted octanol–water partition coefficient (Wildman–Crippen LogP) is -3.29. The van der Waals surface area contributed by atoms with Crippen LogP contribution < -0.4 is 73.8 Å². The van der Waals surface area contributed by atoms with Gasteiger partial charge in [-0.1, -0.05) is 0 Å². The van der Waals surface area contributed by atoms with Crippen LogP contribution in [0, 0.1) is 0 Å². The molecule has 0 spiro atoms. The molecule has 184 valence electrons. The van der Waals surface area contributed by atoms with Crippen molar-refractivity contribution in [1.29, 1.82) is 0 Å². The first-order valence-electron chi connectivity index (χ1n) is 7.64. The van der Waals surface area contributed by atoms with E-state index in [2.05, 4.69) is 14.1 Å². The largest absolute Gasteiger partial charge is 1.00 e. The van der Waals surface area contributed by atoms with Crippen LogP contribution in [0.1, 0.15) is 11.1 Å². The standard InChI is InChI=1S/C14H9BF12O5.2Na/c1-30-9(11(16,17)18,12(19,20)21)6-3-7(5-8(4-6)32-15(28)29)10(31-2,13(22,23)24)14(25,26)27;;/h3-5H,1-2H3;;/q-2;2*+1. The zero-order valence-corrected chi connectivity index (χ0v) is 21.4. The topological polar surface area (TPSA) is 73.8 Å². The van der Waals surface area contributed by atoms with Crippen LogP contribution in [-0.2, 0) is 20.7 Å². The van der Waals surface area contributed by atoms with E-state index in [4.69, 9.17) is 0 Å². The third kappa shape index (κ3) is 6.31. The first-order valence-corrected chi connectivity index (χ1v) is 7.64. The second kappa shape index (κ2) is 11.6. The molecule has 1 rings (SSSR count). The SMILES string of the molecule is COC(c1cc(OB([O-])[O-])cc(C(OC)(C(F)(F)F)C(F)(F)F)c1)(C(F)(F)F)C(F)(F)F.[Na+].[Na+]. The monoisotopic (exact) mass is 542 g/mol. The molecular weight excluding hydrogens is 533 g/mol. The number of methoxy groups -OCH3 is 2. The Hall–Kier alpha value is 0.0849. The van der Waals surface area contributed by atoms with Crippen molar-refractivity contribution in [3.8, 4) is 5.75 Å². The van der Waals surface area contributed by atoms with E-state index in [9.17, 15) is 62.7 Å². The average molecular weight is 542 g/mol. The molecule has 0 aliphatic carbocycles. The van der Waals surface area contributed by atoms with Crippen LogP contribution in [0.5, 0.6) is 5.75 Å². The Morgan fingerprint density at radius 2 is 0.853 bits per heavy atom. The Kier molecular flexibility index (Phi) is 12.4. The molecule has 34 heavy (non-hydrogen) atoms. The van der Waals surface area contributed by atoms with E-state index in [0.29, 0.717) is 0 Å². The van der Waals surface area contributed by atoms with E-state index >= 15 is 0 Å². The summed E-state index contributed by atoms with van der Waals surface area (Å²) in [4.78, 5) is 0. The van der Waals surface area contributed by atoms with Gasteiger partial charge in [-0.05, 0) is 18.2 Å². The normalized spacial score (nSPS) is 13.6. The minimum atomic E-state index is -6.50. The summed E-state index contributed by atoms with van der Waals surface area (Å²) in [7, 11) is -3.90. The summed E-state index contributed by atoms with van der Waals surface area (Å²) in [6, 6.07) is -1.57. The van der Waals surface area contributed by atoms with Crippen LogP contribution in [0.3, 0.4) is 0 Å².